The van der Waals surface area contributed by atoms with Crippen molar-refractivity contribution in [2.75, 3.05) is 16.8 Å². The van der Waals surface area contributed by atoms with Crippen molar-refractivity contribution in [3.8, 4) is 0 Å². The van der Waals surface area contributed by atoms with Crippen LogP contribution in [0.5, 0.6) is 0 Å². The molecular formula is C23H25N3O2S. The maximum atomic E-state index is 12.9. The molecule has 0 aliphatic carbocycles. The van der Waals surface area contributed by atoms with Gasteiger partial charge in [0.2, 0.25) is 11.8 Å². The highest BCUT2D eigenvalue weighted by Gasteiger charge is 2.35. The van der Waals surface area contributed by atoms with E-state index in [0.29, 0.717) is 12.5 Å². The third-order valence-corrected chi connectivity index (χ3v) is 6.60. The number of aromatic nitrogens is 1. The monoisotopic (exact) mass is 407 g/mol. The van der Waals surface area contributed by atoms with Gasteiger partial charge in [0, 0.05) is 24.3 Å². The van der Waals surface area contributed by atoms with Crippen molar-refractivity contribution in [2.24, 2.45) is 5.92 Å². The summed E-state index contributed by atoms with van der Waals surface area (Å²) in [5.41, 5.74) is 3.68. The third kappa shape index (κ3) is 3.90. The third-order valence-electron chi connectivity index (χ3n) is 5.65. The highest BCUT2D eigenvalue weighted by molar-refractivity contribution is 7.18. The van der Waals surface area contributed by atoms with E-state index in [1.165, 1.54) is 0 Å². The van der Waals surface area contributed by atoms with Gasteiger partial charge in [-0.1, -0.05) is 32.0 Å². The SMILES string of the molecule is CCC(C)c1ccccc1NC(=O)C1CC(=O)N(c2ccc3sc(C)nc3c2)C1. The van der Waals surface area contributed by atoms with Crippen molar-refractivity contribution in [2.45, 2.75) is 39.5 Å². The molecule has 0 saturated carbocycles. The molecule has 3 aromatic rings. The van der Waals surface area contributed by atoms with Gasteiger partial charge in [-0.2, -0.15) is 0 Å². The molecule has 1 saturated heterocycles. The van der Waals surface area contributed by atoms with Gasteiger partial charge in [-0.25, -0.2) is 4.98 Å². The summed E-state index contributed by atoms with van der Waals surface area (Å²) in [4.78, 5) is 31.8. The number of para-hydroxylation sites is 1. The number of hydrogen-bond acceptors (Lipinski definition) is 4. The molecule has 2 aromatic carbocycles. The summed E-state index contributed by atoms with van der Waals surface area (Å²) in [5.74, 6) is -0.115. The maximum absolute atomic E-state index is 12.9. The topological polar surface area (TPSA) is 62.3 Å². The number of fused-ring (bicyclic) bond motifs is 1. The molecule has 0 radical (unpaired) electrons. The second-order valence-corrected chi connectivity index (χ2v) is 8.91. The van der Waals surface area contributed by atoms with E-state index in [2.05, 4.69) is 30.2 Å². The van der Waals surface area contributed by atoms with Crippen molar-refractivity contribution in [3.63, 3.8) is 0 Å². The molecule has 1 aliphatic rings. The van der Waals surface area contributed by atoms with Crippen LogP contribution >= 0.6 is 11.3 Å². The lowest BCUT2D eigenvalue weighted by Gasteiger charge is -2.18. The normalized spacial score (nSPS) is 17.7. The van der Waals surface area contributed by atoms with Crippen LogP contribution in [0, 0.1) is 12.8 Å². The second kappa shape index (κ2) is 7.95. The van der Waals surface area contributed by atoms with Gasteiger partial charge in [-0.3, -0.25) is 9.59 Å². The summed E-state index contributed by atoms with van der Waals surface area (Å²) in [6.07, 6.45) is 1.23. The largest absolute Gasteiger partial charge is 0.326 e. The minimum Gasteiger partial charge on any atom is -0.326 e. The highest BCUT2D eigenvalue weighted by Crippen LogP contribution is 2.32. The number of hydrogen-bond donors (Lipinski definition) is 1. The van der Waals surface area contributed by atoms with Crippen LogP contribution in [0.3, 0.4) is 0 Å². The summed E-state index contributed by atoms with van der Waals surface area (Å²) < 4.78 is 1.11. The summed E-state index contributed by atoms with van der Waals surface area (Å²) in [7, 11) is 0. The Kier molecular flexibility index (Phi) is 5.37. The molecule has 0 spiro atoms. The fourth-order valence-corrected chi connectivity index (χ4v) is 4.63. The fraction of sp³-hybridized carbons (Fsp3) is 0.348. The van der Waals surface area contributed by atoms with E-state index < -0.39 is 0 Å². The molecule has 1 fully saturated rings. The number of nitrogens with one attached hydrogen (secondary N) is 1. The average Bonchev–Trinajstić information content (AvgIpc) is 3.28. The quantitative estimate of drug-likeness (QED) is 0.639. The van der Waals surface area contributed by atoms with Gasteiger partial charge >= 0.3 is 0 Å². The van der Waals surface area contributed by atoms with Gasteiger partial charge in [0.05, 0.1) is 21.1 Å². The summed E-state index contributed by atoms with van der Waals surface area (Å²) in [6.45, 7) is 6.66. The zero-order chi connectivity index (χ0) is 20.5. The summed E-state index contributed by atoms with van der Waals surface area (Å²) in [5, 5.41) is 4.07. The number of carbonyl (C=O) groups is 2. The molecule has 1 aromatic heterocycles. The van der Waals surface area contributed by atoms with Gasteiger partial charge in [0.15, 0.2) is 0 Å². The van der Waals surface area contributed by atoms with Crippen LogP contribution < -0.4 is 10.2 Å². The minimum atomic E-state index is -0.361. The van der Waals surface area contributed by atoms with E-state index in [1.807, 2.05) is 43.3 Å². The standard InChI is InChI=1S/C23H25N3O2S/c1-4-14(2)18-7-5-6-8-19(18)25-23(28)16-11-22(27)26(13-16)17-9-10-21-20(12-17)24-15(3)29-21/h5-10,12,14,16H,4,11,13H2,1-3H3,(H,25,28). The molecule has 2 atom stereocenters. The molecule has 1 N–H and O–H groups in total. The number of benzene rings is 2. The molecule has 2 heterocycles. The van der Waals surface area contributed by atoms with Crippen LogP contribution in [-0.4, -0.2) is 23.3 Å². The highest BCUT2D eigenvalue weighted by atomic mass is 32.1. The number of anilines is 2. The number of rotatable bonds is 5. The maximum Gasteiger partial charge on any atom is 0.229 e. The molecule has 150 valence electrons. The second-order valence-electron chi connectivity index (χ2n) is 7.68. The first kappa shape index (κ1) is 19.6. The van der Waals surface area contributed by atoms with E-state index in [-0.39, 0.29) is 24.2 Å². The van der Waals surface area contributed by atoms with E-state index in [4.69, 9.17) is 0 Å². The van der Waals surface area contributed by atoms with Crippen molar-refractivity contribution in [3.05, 3.63) is 53.0 Å². The van der Waals surface area contributed by atoms with Crippen LogP contribution in [0.4, 0.5) is 11.4 Å². The van der Waals surface area contributed by atoms with Crippen LogP contribution in [0.1, 0.15) is 43.2 Å². The summed E-state index contributed by atoms with van der Waals surface area (Å²) >= 11 is 1.64. The fourth-order valence-electron chi connectivity index (χ4n) is 3.83. The molecular weight excluding hydrogens is 382 g/mol. The van der Waals surface area contributed by atoms with Crippen molar-refractivity contribution < 1.29 is 9.59 Å². The van der Waals surface area contributed by atoms with E-state index in [9.17, 15) is 9.59 Å². The first-order valence-electron chi connectivity index (χ1n) is 10.0. The zero-order valence-corrected chi connectivity index (χ0v) is 17.8. The number of aryl methyl sites for hydroxylation is 1. The van der Waals surface area contributed by atoms with Gasteiger partial charge in [0.25, 0.3) is 0 Å². The predicted octanol–water partition coefficient (Wildman–Crippen LogP) is 5.11. The summed E-state index contributed by atoms with van der Waals surface area (Å²) in [6, 6.07) is 13.8. The molecule has 2 unspecified atom stereocenters. The van der Waals surface area contributed by atoms with Crippen molar-refractivity contribution in [1.82, 2.24) is 4.98 Å². The lowest BCUT2D eigenvalue weighted by molar-refractivity contribution is -0.122. The van der Waals surface area contributed by atoms with E-state index >= 15 is 0 Å². The average molecular weight is 408 g/mol. The Morgan fingerprint density at radius 3 is 2.90 bits per heavy atom. The van der Waals surface area contributed by atoms with Crippen LogP contribution in [-0.2, 0) is 9.59 Å². The van der Waals surface area contributed by atoms with Crippen LogP contribution in [0.15, 0.2) is 42.5 Å². The first-order chi connectivity index (χ1) is 14.0. The van der Waals surface area contributed by atoms with E-state index in [0.717, 1.165) is 38.6 Å². The Morgan fingerprint density at radius 1 is 1.31 bits per heavy atom. The first-order valence-corrected chi connectivity index (χ1v) is 10.8. The van der Waals surface area contributed by atoms with Crippen molar-refractivity contribution >= 4 is 44.7 Å². The minimum absolute atomic E-state index is 0.0216. The van der Waals surface area contributed by atoms with Crippen molar-refractivity contribution in [1.29, 1.82) is 0 Å². The Bertz CT molecular complexity index is 1070. The Hall–Kier alpha value is -2.73. The number of amides is 2. The predicted molar refractivity (Wildman–Crippen MR) is 119 cm³/mol. The van der Waals surface area contributed by atoms with Crippen LogP contribution in [0.25, 0.3) is 10.2 Å². The zero-order valence-electron chi connectivity index (χ0n) is 16.9. The lowest BCUT2D eigenvalue weighted by Crippen LogP contribution is -2.28. The van der Waals surface area contributed by atoms with Gasteiger partial charge < -0.3 is 10.2 Å². The molecule has 4 rings (SSSR count). The lowest BCUT2D eigenvalue weighted by atomic mass is 9.96. The van der Waals surface area contributed by atoms with Gasteiger partial charge in [-0.05, 0) is 49.1 Å². The molecule has 2 amide bonds. The van der Waals surface area contributed by atoms with Gasteiger partial charge in [0.1, 0.15) is 0 Å². The molecule has 6 heteroatoms. The molecule has 29 heavy (non-hydrogen) atoms. The molecule has 5 nitrogen and oxygen atoms in total. The smallest absolute Gasteiger partial charge is 0.229 e. The van der Waals surface area contributed by atoms with Crippen LogP contribution in [0.2, 0.25) is 0 Å². The molecule has 1 aliphatic heterocycles. The van der Waals surface area contributed by atoms with E-state index in [1.54, 1.807) is 16.2 Å². The Morgan fingerprint density at radius 2 is 2.10 bits per heavy atom. The number of thiazole rings is 1. The Balaban J connectivity index is 1.51. The number of carbonyl (C=O) groups excluding carboxylic acids is 2. The van der Waals surface area contributed by atoms with Gasteiger partial charge in [-0.15, -0.1) is 11.3 Å². The molecule has 0 bridgehead atoms. The number of nitrogens with zero attached hydrogens (tertiary/aromatic N) is 2. The Labute approximate surface area is 174 Å².